The van der Waals surface area contributed by atoms with Crippen LogP contribution in [-0.2, 0) is 27.2 Å². The number of ether oxygens (including phenoxy) is 2. The molecule has 27 heavy (non-hydrogen) atoms. The third-order valence-corrected chi connectivity index (χ3v) is 4.12. The third-order valence-electron chi connectivity index (χ3n) is 3.88. The lowest BCUT2D eigenvalue weighted by atomic mass is 10.1. The summed E-state index contributed by atoms with van der Waals surface area (Å²) >= 11 is 5.94. The molecule has 1 atom stereocenters. The minimum atomic E-state index is -0.934. The molecule has 2 rings (SSSR count). The predicted octanol–water partition coefficient (Wildman–Crippen LogP) is 3.32. The van der Waals surface area contributed by atoms with Crippen LogP contribution < -0.4 is 10.1 Å². The van der Waals surface area contributed by atoms with Gasteiger partial charge in [0.2, 0.25) is 0 Å². The number of hydrogen-bond donors (Lipinski definition) is 1. The summed E-state index contributed by atoms with van der Waals surface area (Å²) in [6.45, 7) is 1.86. The van der Waals surface area contributed by atoms with Gasteiger partial charge in [-0.2, -0.15) is 0 Å². The van der Waals surface area contributed by atoms with Crippen LogP contribution in [0.5, 0.6) is 5.75 Å². The Kier molecular flexibility index (Phi) is 7.61. The van der Waals surface area contributed by atoms with E-state index in [2.05, 4.69) is 5.32 Å². The van der Waals surface area contributed by atoms with E-state index in [1.165, 1.54) is 26.2 Å². The van der Waals surface area contributed by atoms with Gasteiger partial charge in [-0.3, -0.25) is 9.59 Å². The average molecular weight is 394 g/mol. The van der Waals surface area contributed by atoms with E-state index in [0.29, 0.717) is 29.3 Å². The van der Waals surface area contributed by atoms with Gasteiger partial charge in [0.05, 0.1) is 13.5 Å². The number of rotatable bonds is 8. The quantitative estimate of drug-likeness (QED) is 0.699. The molecule has 0 radical (unpaired) electrons. The van der Waals surface area contributed by atoms with Crippen molar-refractivity contribution in [2.24, 2.45) is 0 Å². The maximum absolute atomic E-state index is 12.9. The van der Waals surface area contributed by atoms with Crippen LogP contribution in [0.25, 0.3) is 0 Å². The fraction of sp³-hybridized carbons (Fsp3) is 0.300. The largest absolute Gasteiger partial charge is 0.496 e. The third kappa shape index (κ3) is 6.57. The summed E-state index contributed by atoms with van der Waals surface area (Å²) < 4.78 is 23.2. The van der Waals surface area contributed by atoms with Crippen molar-refractivity contribution < 1.29 is 23.5 Å². The molecule has 144 valence electrons. The monoisotopic (exact) mass is 393 g/mol. The normalized spacial score (nSPS) is 11.6. The molecule has 0 aliphatic rings. The first-order chi connectivity index (χ1) is 12.9. The lowest BCUT2D eigenvalue weighted by Crippen LogP contribution is -2.37. The van der Waals surface area contributed by atoms with E-state index < -0.39 is 18.0 Å². The van der Waals surface area contributed by atoms with E-state index >= 15 is 0 Å². The smallest absolute Gasteiger partial charge is 0.311 e. The fourth-order valence-corrected chi connectivity index (χ4v) is 2.65. The van der Waals surface area contributed by atoms with Crippen LogP contribution in [-0.4, -0.2) is 31.6 Å². The van der Waals surface area contributed by atoms with Gasteiger partial charge < -0.3 is 14.8 Å². The number of benzene rings is 2. The molecule has 0 aliphatic heterocycles. The van der Waals surface area contributed by atoms with Crippen LogP contribution in [0.4, 0.5) is 4.39 Å². The molecular weight excluding hydrogens is 373 g/mol. The summed E-state index contributed by atoms with van der Waals surface area (Å²) in [6, 6.07) is 11.0. The molecule has 0 aromatic heterocycles. The zero-order valence-electron chi connectivity index (χ0n) is 15.1. The Morgan fingerprint density at radius 1 is 1.19 bits per heavy atom. The van der Waals surface area contributed by atoms with E-state index in [4.69, 9.17) is 21.1 Å². The lowest BCUT2D eigenvalue weighted by Gasteiger charge is -2.14. The maximum Gasteiger partial charge on any atom is 0.311 e. The van der Waals surface area contributed by atoms with Crippen molar-refractivity contribution in [1.82, 2.24) is 5.32 Å². The van der Waals surface area contributed by atoms with Gasteiger partial charge in [0.25, 0.3) is 5.91 Å². The summed E-state index contributed by atoms with van der Waals surface area (Å²) in [5.74, 6) is -0.743. The van der Waals surface area contributed by atoms with Crippen molar-refractivity contribution in [2.75, 3.05) is 13.7 Å². The second kappa shape index (κ2) is 9.92. The number of hydrogen-bond acceptors (Lipinski definition) is 4. The summed E-state index contributed by atoms with van der Waals surface area (Å²) in [4.78, 5) is 24.2. The van der Waals surface area contributed by atoms with Crippen molar-refractivity contribution >= 4 is 23.5 Å². The first-order valence-electron chi connectivity index (χ1n) is 8.43. The van der Waals surface area contributed by atoms with E-state index in [9.17, 15) is 14.0 Å². The van der Waals surface area contributed by atoms with E-state index in [1.54, 1.807) is 30.3 Å². The molecule has 1 amide bonds. The highest BCUT2D eigenvalue weighted by Gasteiger charge is 2.19. The number of amides is 1. The molecule has 2 aromatic rings. The van der Waals surface area contributed by atoms with E-state index in [1.807, 2.05) is 0 Å². The minimum Gasteiger partial charge on any atom is -0.496 e. The van der Waals surface area contributed by atoms with Crippen molar-refractivity contribution in [3.8, 4) is 5.75 Å². The van der Waals surface area contributed by atoms with Gasteiger partial charge in [0.15, 0.2) is 6.10 Å². The maximum atomic E-state index is 12.9. The molecule has 2 aromatic carbocycles. The van der Waals surface area contributed by atoms with Gasteiger partial charge >= 0.3 is 5.97 Å². The van der Waals surface area contributed by atoms with Crippen LogP contribution in [0.1, 0.15) is 18.1 Å². The Balaban J connectivity index is 1.80. The van der Waals surface area contributed by atoms with E-state index in [0.717, 1.165) is 5.56 Å². The van der Waals surface area contributed by atoms with Gasteiger partial charge in [0, 0.05) is 17.1 Å². The van der Waals surface area contributed by atoms with E-state index in [-0.39, 0.29) is 12.2 Å². The van der Waals surface area contributed by atoms with Crippen LogP contribution in [0.15, 0.2) is 42.5 Å². The number of carbonyl (C=O) groups is 2. The first-order valence-corrected chi connectivity index (χ1v) is 8.81. The molecule has 0 aliphatic carbocycles. The minimum absolute atomic E-state index is 0.0586. The van der Waals surface area contributed by atoms with Crippen LogP contribution >= 0.6 is 11.6 Å². The van der Waals surface area contributed by atoms with Gasteiger partial charge in [-0.1, -0.05) is 23.7 Å². The van der Waals surface area contributed by atoms with Crippen molar-refractivity contribution in [2.45, 2.75) is 25.9 Å². The average Bonchev–Trinajstić information content (AvgIpc) is 2.63. The highest BCUT2D eigenvalue weighted by atomic mass is 35.5. The summed E-state index contributed by atoms with van der Waals surface area (Å²) in [5, 5.41) is 3.17. The molecular formula is C20H21ClFNO4. The Hall–Kier alpha value is -2.60. The van der Waals surface area contributed by atoms with Crippen LogP contribution in [0.2, 0.25) is 5.02 Å². The summed E-state index contributed by atoms with van der Waals surface area (Å²) in [6.07, 6.45) is -0.445. The number of esters is 1. The standard InChI is InChI=1S/C20H21ClFNO4/c1-13(20(25)23-10-9-14-3-6-17(22)7-4-14)27-19(24)12-15-11-16(21)5-8-18(15)26-2/h3-8,11,13H,9-10,12H2,1-2H3,(H,23,25)/t13-/m0/s1. The predicted molar refractivity (Wildman–Crippen MR) is 100 cm³/mol. The van der Waals surface area contributed by atoms with Gasteiger partial charge in [-0.05, 0) is 49.2 Å². The Morgan fingerprint density at radius 2 is 1.89 bits per heavy atom. The van der Waals surface area contributed by atoms with Crippen molar-refractivity contribution in [1.29, 1.82) is 0 Å². The first kappa shape index (κ1) is 20.7. The molecule has 5 nitrogen and oxygen atoms in total. The Labute approximate surface area is 162 Å². The molecule has 0 spiro atoms. The van der Waals surface area contributed by atoms with Crippen molar-refractivity contribution in [3.63, 3.8) is 0 Å². The SMILES string of the molecule is COc1ccc(Cl)cc1CC(=O)O[C@@H](C)C(=O)NCCc1ccc(F)cc1. The molecule has 0 unspecified atom stereocenters. The topological polar surface area (TPSA) is 64.6 Å². The summed E-state index contributed by atoms with van der Waals surface area (Å²) in [5.41, 5.74) is 1.48. The molecule has 0 fully saturated rings. The molecule has 0 saturated heterocycles. The van der Waals surface area contributed by atoms with Crippen LogP contribution in [0.3, 0.4) is 0 Å². The molecule has 7 heteroatoms. The second-order valence-corrected chi connectivity index (χ2v) is 6.37. The number of nitrogens with one attached hydrogen (secondary N) is 1. The number of carbonyl (C=O) groups excluding carboxylic acids is 2. The number of methoxy groups -OCH3 is 1. The van der Waals surface area contributed by atoms with Crippen LogP contribution in [0, 0.1) is 5.82 Å². The number of halogens is 2. The molecule has 0 bridgehead atoms. The molecule has 0 saturated carbocycles. The summed E-state index contributed by atoms with van der Waals surface area (Å²) in [7, 11) is 1.50. The Bertz CT molecular complexity index is 795. The zero-order chi connectivity index (χ0) is 19.8. The Morgan fingerprint density at radius 3 is 2.56 bits per heavy atom. The highest BCUT2D eigenvalue weighted by Crippen LogP contribution is 2.23. The lowest BCUT2D eigenvalue weighted by molar-refractivity contribution is -0.154. The van der Waals surface area contributed by atoms with Gasteiger partial charge in [-0.15, -0.1) is 0 Å². The molecule has 0 heterocycles. The van der Waals surface area contributed by atoms with Crippen molar-refractivity contribution in [3.05, 3.63) is 64.4 Å². The van der Waals surface area contributed by atoms with Gasteiger partial charge in [-0.25, -0.2) is 4.39 Å². The zero-order valence-corrected chi connectivity index (χ0v) is 15.9. The van der Waals surface area contributed by atoms with Gasteiger partial charge in [0.1, 0.15) is 11.6 Å². The second-order valence-electron chi connectivity index (χ2n) is 5.93. The fourth-order valence-electron chi connectivity index (χ4n) is 2.46. The molecule has 1 N–H and O–H groups in total. The highest BCUT2D eigenvalue weighted by molar-refractivity contribution is 6.30.